The Bertz CT molecular complexity index is 1600. The molecular weight excluding hydrogens is 523 g/mol. The zero-order chi connectivity index (χ0) is 27.4. The molecule has 5 aromatic carbocycles. The topological polar surface area (TPSA) is 43.2 Å². The first kappa shape index (κ1) is 25.4. The SMILES string of the molecule is c1ccc([C@H]2COC(c3ccccc3P(c3ccccc3)c3ccccc3C3=N[C@@H](c4ccccc4)CO3)=N2)cc1. The number of rotatable bonds is 7. The molecule has 4 nitrogen and oxygen atoms in total. The molecule has 0 saturated carbocycles. The highest BCUT2D eigenvalue weighted by atomic mass is 31.1. The number of hydrogen-bond donors (Lipinski definition) is 0. The standard InChI is InChI=1S/C36H29N2O2P/c1-4-14-26(15-5-1)31-24-39-35(37-31)29-20-10-12-22-33(29)41(28-18-8-3-9-19-28)34-23-13-11-21-30(34)36-38-32(25-40-36)27-16-6-2-7-17-27/h1-23,31-32H,24-25H2/t31-,32-/m1/s1. The Hall–Kier alpha value is -4.53. The zero-order valence-corrected chi connectivity index (χ0v) is 23.4. The van der Waals surface area contributed by atoms with Gasteiger partial charge in [-0.3, -0.25) is 0 Å². The Kier molecular flexibility index (Phi) is 7.15. The third-order valence-electron chi connectivity index (χ3n) is 7.44. The zero-order valence-electron chi connectivity index (χ0n) is 22.5. The molecule has 41 heavy (non-hydrogen) atoms. The van der Waals surface area contributed by atoms with Gasteiger partial charge in [-0.2, -0.15) is 0 Å². The monoisotopic (exact) mass is 552 g/mol. The molecule has 0 amide bonds. The molecule has 0 N–H and O–H groups in total. The summed E-state index contributed by atoms with van der Waals surface area (Å²) in [5.41, 5.74) is 4.40. The van der Waals surface area contributed by atoms with Gasteiger partial charge in [-0.05, 0) is 47.1 Å². The van der Waals surface area contributed by atoms with Crippen molar-refractivity contribution in [3.05, 3.63) is 162 Å². The van der Waals surface area contributed by atoms with E-state index in [0.29, 0.717) is 25.0 Å². The van der Waals surface area contributed by atoms with Crippen molar-refractivity contribution < 1.29 is 9.47 Å². The molecular formula is C36H29N2O2P. The average Bonchev–Trinajstić information content (AvgIpc) is 3.75. The van der Waals surface area contributed by atoms with Gasteiger partial charge >= 0.3 is 0 Å². The van der Waals surface area contributed by atoms with Crippen molar-refractivity contribution in [3.63, 3.8) is 0 Å². The molecule has 0 bridgehead atoms. The smallest absolute Gasteiger partial charge is 0.217 e. The molecule has 0 radical (unpaired) electrons. The molecule has 0 saturated heterocycles. The lowest BCUT2D eigenvalue weighted by Gasteiger charge is -2.24. The third-order valence-corrected chi connectivity index (χ3v) is 9.99. The fraction of sp³-hybridized carbons (Fsp3) is 0.111. The van der Waals surface area contributed by atoms with Gasteiger partial charge in [0.2, 0.25) is 11.8 Å². The van der Waals surface area contributed by atoms with Crippen LogP contribution in [-0.2, 0) is 9.47 Å². The van der Waals surface area contributed by atoms with Crippen molar-refractivity contribution in [1.82, 2.24) is 0 Å². The summed E-state index contributed by atoms with van der Waals surface area (Å²) in [7, 11) is -0.979. The van der Waals surface area contributed by atoms with Gasteiger partial charge in [-0.1, -0.05) is 127 Å². The maximum atomic E-state index is 6.27. The van der Waals surface area contributed by atoms with Crippen LogP contribution in [0.15, 0.2) is 150 Å². The predicted molar refractivity (Wildman–Crippen MR) is 168 cm³/mol. The van der Waals surface area contributed by atoms with Crippen molar-refractivity contribution in [2.45, 2.75) is 12.1 Å². The number of nitrogens with zero attached hydrogens (tertiary/aromatic N) is 2. The molecule has 2 aliphatic heterocycles. The van der Waals surface area contributed by atoms with Crippen LogP contribution in [0.2, 0.25) is 0 Å². The Morgan fingerprint density at radius 2 is 0.854 bits per heavy atom. The highest BCUT2D eigenvalue weighted by Crippen LogP contribution is 2.38. The molecule has 200 valence electrons. The van der Waals surface area contributed by atoms with Gasteiger partial charge in [0.15, 0.2) is 0 Å². The molecule has 2 aliphatic rings. The summed E-state index contributed by atoms with van der Waals surface area (Å²) < 4.78 is 12.5. The second kappa shape index (κ2) is 11.5. The molecule has 7 rings (SSSR count). The minimum atomic E-state index is -0.979. The van der Waals surface area contributed by atoms with Crippen LogP contribution < -0.4 is 15.9 Å². The van der Waals surface area contributed by atoms with Gasteiger partial charge in [0, 0.05) is 11.1 Å². The van der Waals surface area contributed by atoms with E-state index in [1.807, 2.05) is 12.1 Å². The van der Waals surface area contributed by atoms with Crippen LogP contribution in [0.3, 0.4) is 0 Å². The van der Waals surface area contributed by atoms with E-state index in [0.717, 1.165) is 11.1 Å². The first-order valence-corrected chi connectivity index (χ1v) is 15.2. The van der Waals surface area contributed by atoms with Crippen LogP contribution >= 0.6 is 7.92 Å². The average molecular weight is 553 g/mol. The number of benzene rings is 5. The first-order valence-electron chi connectivity index (χ1n) is 13.9. The first-order chi connectivity index (χ1) is 20.3. The fourth-order valence-electron chi connectivity index (χ4n) is 5.42. The number of aliphatic imine (C=N–C) groups is 2. The van der Waals surface area contributed by atoms with E-state index in [1.54, 1.807) is 0 Å². The maximum absolute atomic E-state index is 6.27. The van der Waals surface area contributed by atoms with Gasteiger partial charge in [0.1, 0.15) is 25.3 Å². The summed E-state index contributed by atoms with van der Waals surface area (Å²) in [6.45, 7) is 1.08. The highest BCUT2D eigenvalue weighted by molar-refractivity contribution is 7.80. The minimum Gasteiger partial charge on any atom is -0.475 e. The number of hydrogen-bond acceptors (Lipinski definition) is 4. The lowest BCUT2D eigenvalue weighted by atomic mass is 10.1. The van der Waals surface area contributed by atoms with Gasteiger partial charge in [-0.25, -0.2) is 9.98 Å². The normalized spacial score (nSPS) is 18.0. The van der Waals surface area contributed by atoms with Crippen molar-refractivity contribution in [3.8, 4) is 0 Å². The minimum absolute atomic E-state index is 0.00865. The van der Waals surface area contributed by atoms with Crippen LogP contribution in [0.1, 0.15) is 34.3 Å². The summed E-state index contributed by atoms with van der Waals surface area (Å²) in [4.78, 5) is 10.1. The predicted octanol–water partition coefficient (Wildman–Crippen LogP) is 6.48. The van der Waals surface area contributed by atoms with E-state index in [4.69, 9.17) is 19.5 Å². The second-order valence-corrected chi connectivity index (χ2v) is 12.2. The van der Waals surface area contributed by atoms with Gasteiger partial charge in [0.05, 0.1) is 0 Å². The Labute approximate surface area is 241 Å². The molecule has 0 fully saturated rings. The summed E-state index contributed by atoms with van der Waals surface area (Å²) in [5, 5.41) is 3.65. The molecule has 5 heteroatoms. The Morgan fingerprint density at radius 1 is 0.463 bits per heavy atom. The Morgan fingerprint density at radius 3 is 1.32 bits per heavy atom. The van der Waals surface area contributed by atoms with E-state index in [9.17, 15) is 0 Å². The number of ether oxygens (including phenoxy) is 2. The highest BCUT2D eigenvalue weighted by Gasteiger charge is 2.30. The summed E-state index contributed by atoms with van der Waals surface area (Å²) in [5.74, 6) is 1.41. The van der Waals surface area contributed by atoms with Crippen LogP contribution in [0.4, 0.5) is 0 Å². The van der Waals surface area contributed by atoms with Crippen molar-refractivity contribution in [2.75, 3.05) is 13.2 Å². The molecule has 5 aromatic rings. The van der Waals surface area contributed by atoms with Crippen LogP contribution in [0.25, 0.3) is 0 Å². The second-order valence-electron chi connectivity index (χ2n) is 10.0. The van der Waals surface area contributed by atoms with Crippen molar-refractivity contribution in [2.24, 2.45) is 9.98 Å². The largest absolute Gasteiger partial charge is 0.475 e. The van der Waals surface area contributed by atoms with Gasteiger partial charge < -0.3 is 9.47 Å². The van der Waals surface area contributed by atoms with Crippen molar-refractivity contribution >= 4 is 35.6 Å². The van der Waals surface area contributed by atoms with Crippen molar-refractivity contribution in [1.29, 1.82) is 0 Å². The van der Waals surface area contributed by atoms with Crippen LogP contribution in [0, 0.1) is 0 Å². The van der Waals surface area contributed by atoms with Crippen LogP contribution in [-0.4, -0.2) is 25.0 Å². The molecule has 2 atom stereocenters. The van der Waals surface area contributed by atoms with E-state index >= 15 is 0 Å². The molecule has 0 aromatic heterocycles. The summed E-state index contributed by atoms with van der Waals surface area (Å²) in [6.07, 6.45) is 0. The quantitative estimate of drug-likeness (QED) is 0.217. The van der Waals surface area contributed by atoms with E-state index < -0.39 is 7.92 Å². The van der Waals surface area contributed by atoms with Crippen LogP contribution in [0.5, 0.6) is 0 Å². The van der Waals surface area contributed by atoms with Gasteiger partial charge in [-0.15, -0.1) is 0 Å². The van der Waals surface area contributed by atoms with Gasteiger partial charge in [0.25, 0.3) is 0 Å². The summed E-state index contributed by atoms with van der Waals surface area (Å²) in [6, 6.07) is 48.5. The molecule has 0 unspecified atom stereocenters. The molecule has 2 heterocycles. The lowest BCUT2D eigenvalue weighted by molar-refractivity contribution is 0.320. The summed E-state index contributed by atoms with van der Waals surface area (Å²) >= 11 is 0. The van der Waals surface area contributed by atoms with E-state index in [-0.39, 0.29) is 12.1 Å². The maximum Gasteiger partial charge on any atom is 0.217 e. The Balaban J connectivity index is 1.33. The van der Waals surface area contributed by atoms with E-state index in [1.165, 1.54) is 27.0 Å². The molecule has 0 spiro atoms. The fourth-order valence-corrected chi connectivity index (χ4v) is 8.00. The lowest BCUT2D eigenvalue weighted by Crippen LogP contribution is -2.28. The van der Waals surface area contributed by atoms with E-state index in [2.05, 4.69) is 127 Å². The molecule has 0 aliphatic carbocycles. The third kappa shape index (κ3) is 5.19.